The number of hydrogen-bond donors (Lipinski definition) is 0. The average Bonchev–Trinajstić information content (AvgIpc) is 3.36. The Balaban J connectivity index is 1.58. The van der Waals surface area contributed by atoms with Gasteiger partial charge in [0.25, 0.3) is 11.6 Å². The lowest BCUT2D eigenvalue weighted by atomic mass is 9.90. The number of anilines is 2. The number of aryl methyl sites for hydroxylation is 1. The number of nitro benzene ring substituents is 1. The van der Waals surface area contributed by atoms with Crippen molar-refractivity contribution in [3.63, 3.8) is 0 Å². The second-order valence-corrected chi connectivity index (χ2v) is 8.04. The molecule has 166 valence electrons. The highest BCUT2D eigenvalue weighted by molar-refractivity contribution is 6.23. The number of imide groups is 1. The lowest BCUT2D eigenvalue weighted by Gasteiger charge is -2.28. The molecule has 0 aliphatic carbocycles. The van der Waals surface area contributed by atoms with Crippen LogP contribution in [0.2, 0.25) is 0 Å². The van der Waals surface area contributed by atoms with E-state index in [-0.39, 0.29) is 11.6 Å². The van der Waals surface area contributed by atoms with Crippen molar-refractivity contribution in [1.82, 2.24) is 0 Å². The van der Waals surface area contributed by atoms with Crippen molar-refractivity contribution < 1.29 is 19.3 Å². The quantitative estimate of drug-likeness (QED) is 0.333. The number of para-hydroxylation sites is 1. The molecule has 0 spiro atoms. The molecule has 0 aromatic heterocycles. The van der Waals surface area contributed by atoms with Gasteiger partial charge in [-0.2, -0.15) is 0 Å². The molecule has 8 nitrogen and oxygen atoms in total. The highest BCUT2D eigenvalue weighted by Crippen LogP contribution is 2.47. The van der Waals surface area contributed by atoms with E-state index in [1.807, 2.05) is 49.4 Å². The minimum Gasteiger partial charge on any atom is -0.273 e. The van der Waals surface area contributed by atoms with Gasteiger partial charge < -0.3 is 0 Å². The molecule has 2 saturated heterocycles. The van der Waals surface area contributed by atoms with Crippen LogP contribution < -0.4 is 9.96 Å². The number of rotatable bonds is 5. The Bertz CT molecular complexity index is 1230. The minimum absolute atomic E-state index is 0.0901. The molecule has 5 rings (SSSR count). The normalized spacial score (nSPS) is 22.0. The maximum atomic E-state index is 13.6. The maximum absolute atomic E-state index is 13.6. The topological polar surface area (TPSA) is 93.0 Å². The Hall–Kier alpha value is -4.04. The lowest BCUT2D eigenvalue weighted by molar-refractivity contribution is -0.384. The van der Waals surface area contributed by atoms with Crippen LogP contribution in [0.25, 0.3) is 0 Å². The number of carbonyl (C=O) groups is 2. The first kappa shape index (κ1) is 20.8. The summed E-state index contributed by atoms with van der Waals surface area (Å²) in [4.78, 5) is 45.1. The van der Waals surface area contributed by atoms with Gasteiger partial charge in [0.05, 0.1) is 22.3 Å². The second kappa shape index (κ2) is 8.14. The Morgan fingerprint density at radius 3 is 2.30 bits per heavy atom. The fraction of sp³-hybridized carbons (Fsp3) is 0.200. The standard InChI is InChI=1S/C25H21N3O5/c1-2-16-11-13-18(14-12-16)26-24(29)21-22(17-7-6-10-20(15-17)28(31)32)27(33-23(21)25(26)30)19-8-4-3-5-9-19/h3-15,21-23H,2H2,1H3/t21-,22+,23-/m0/s1. The summed E-state index contributed by atoms with van der Waals surface area (Å²) >= 11 is 0. The third kappa shape index (κ3) is 3.44. The Morgan fingerprint density at radius 2 is 1.64 bits per heavy atom. The number of carbonyl (C=O) groups excluding carboxylic acids is 2. The van der Waals surface area contributed by atoms with Crippen molar-refractivity contribution in [1.29, 1.82) is 0 Å². The van der Waals surface area contributed by atoms with E-state index in [0.717, 1.165) is 12.0 Å². The van der Waals surface area contributed by atoms with E-state index in [2.05, 4.69) is 0 Å². The van der Waals surface area contributed by atoms with Gasteiger partial charge in [0.2, 0.25) is 5.91 Å². The molecule has 2 aliphatic heterocycles. The average molecular weight is 443 g/mol. The van der Waals surface area contributed by atoms with Crippen LogP contribution in [-0.2, 0) is 20.8 Å². The molecule has 3 aromatic rings. The van der Waals surface area contributed by atoms with Crippen molar-refractivity contribution in [3.8, 4) is 0 Å². The maximum Gasteiger partial charge on any atom is 0.269 e. The number of nitro groups is 1. The first-order valence-corrected chi connectivity index (χ1v) is 10.7. The molecular formula is C25H21N3O5. The SMILES string of the molecule is CCc1ccc(N2C(=O)[C@@H]3[C@H](ON(c4ccccc4)[C@@H]3c3cccc([N+](=O)[O-])c3)C2=O)cc1. The Kier molecular flexibility index (Phi) is 5.14. The number of hydroxylamine groups is 1. The summed E-state index contributed by atoms with van der Waals surface area (Å²) in [6, 6.07) is 21.8. The summed E-state index contributed by atoms with van der Waals surface area (Å²) in [5.74, 6) is -1.67. The second-order valence-electron chi connectivity index (χ2n) is 8.04. The highest BCUT2D eigenvalue weighted by atomic mass is 16.7. The molecule has 8 heteroatoms. The number of nitrogens with zero attached hydrogens (tertiary/aromatic N) is 3. The monoisotopic (exact) mass is 443 g/mol. The molecule has 3 atom stereocenters. The molecule has 0 radical (unpaired) electrons. The zero-order valence-corrected chi connectivity index (χ0v) is 17.8. The third-order valence-electron chi connectivity index (χ3n) is 6.15. The van der Waals surface area contributed by atoms with Gasteiger partial charge in [-0.1, -0.05) is 49.4 Å². The molecule has 3 aromatic carbocycles. The van der Waals surface area contributed by atoms with E-state index in [1.54, 1.807) is 24.3 Å². The smallest absolute Gasteiger partial charge is 0.269 e. The van der Waals surface area contributed by atoms with Crippen LogP contribution in [-0.4, -0.2) is 22.8 Å². The summed E-state index contributed by atoms with van der Waals surface area (Å²) in [6.07, 6.45) is -0.176. The minimum atomic E-state index is -1.02. The van der Waals surface area contributed by atoms with Crippen LogP contribution in [0.4, 0.5) is 17.1 Å². The molecule has 0 unspecified atom stereocenters. The summed E-state index contributed by atoms with van der Waals surface area (Å²) in [7, 11) is 0. The number of hydrogen-bond acceptors (Lipinski definition) is 6. The predicted molar refractivity (Wildman–Crippen MR) is 121 cm³/mol. The fourth-order valence-electron chi connectivity index (χ4n) is 4.51. The Morgan fingerprint density at radius 1 is 0.909 bits per heavy atom. The summed E-state index contributed by atoms with van der Waals surface area (Å²) < 4.78 is 0. The number of non-ortho nitro benzene ring substituents is 1. The van der Waals surface area contributed by atoms with Crippen molar-refractivity contribution >= 4 is 28.9 Å². The largest absolute Gasteiger partial charge is 0.273 e. The third-order valence-corrected chi connectivity index (χ3v) is 6.15. The van der Waals surface area contributed by atoms with Gasteiger partial charge in [-0.3, -0.25) is 24.5 Å². The molecule has 2 fully saturated rings. The van der Waals surface area contributed by atoms with Gasteiger partial charge in [-0.25, -0.2) is 9.96 Å². The van der Waals surface area contributed by atoms with Crippen LogP contribution in [0.5, 0.6) is 0 Å². The van der Waals surface area contributed by atoms with E-state index < -0.39 is 28.9 Å². The lowest BCUT2D eigenvalue weighted by Crippen LogP contribution is -2.37. The molecule has 2 heterocycles. The van der Waals surface area contributed by atoms with E-state index >= 15 is 0 Å². The first-order valence-electron chi connectivity index (χ1n) is 10.7. The van der Waals surface area contributed by atoms with E-state index in [1.165, 1.54) is 22.1 Å². The number of benzene rings is 3. The zero-order chi connectivity index (χ0) is 23.1. The number of amides is 2. The van der Waals surface area contributed by atoms with E-state index in [4.69, 9.17) is 4.84 Å². The van der Waals surface area contributed by atoms with Gasteiger partial charge in [0, 0.05) is 12.1 Å². The number of fused-ring (bicyclic) bond motifs is 1. The molecule has 0 bridgehead atoms. The van der Waals surface area contributed by atoms with Crippen molar-refractivity contribution in [3.05, 3.63) is 100 Å². The summed E-state index contributed by atoms with van der Waals surface area (Å²) in [6.45, 7) is 2.03. The molecular weight excluding hydrogens is 422 g/mol. The molecule has 0 N–H and O–H groups in total. The van der Waals surface area contributed by atoms with Gasteiger partial charge in [0.1, 0.15) is 5.92 Å². The summed E-state index contributed by atoms with van der Waals surface area (Å²) in [5, 5.41) is 12.9. The zero-order valence-electron chi connectivity index (χ0n) is 17.8. The predicted octanol–water partition coefficient (Wildman–Crippen LogP) is 4.21. The molecule has 2 aliphatic rings. The Labute approximate surface area is 190 Å². The highest BCUT2D eigenvalue weighted by Gasteiger charge is 2.60. The van der Waals surface area contributed by atoms with E-state index in [9.17, 15) is 19.7 Å². The van der Waals surface area contributed by atoms with Crippen LogP contribution in [0.3, 0.4) is 0 Å². The van der Waals surface area contributed by atoms with Crippen molar-refractivity contribution in [2.75, 3.05) is 9.96 Å². The van der Waals surface area contributed by atoms with Crippen molar-refractivity contribution in [2.45, 2.75) is 25.5 Å². The first-order chi connectivity index (χ1) is 16.0. The molecule has 2 amide bonds. The van der Waals surface area contributed by atoms with E-state index in [0.29, 0.717) is 16.9 Å². The summed E-state index contributed by atoms with van der Waals surface area (Å²) in [5.41, 5.74) is 2.68. The van der Waals surface area contributed by atoms with Crippen LogP contribution in [0.1, 0.15) is 24.1 Å². The molecule has 0 saturated carbocycles. The molecule has 33 heavy (non-hydrogen) atoms. The fourth-order valence-corrected chi connectivity index (χ4v) is 4.51. The van der Waals surface area contributed by atoms with Gasteiger partial charge in [-0.05, 0) is 41.8 Å². The van der Waals surface area contributed by atoms with Gasteiger partial charge in [0.15, 0.2) is 6.10 Å². The van der Waals surface area contributed by atoms with Crippen molar-refractivity contribution in [2.24, 2.45) is 5.92 Å². The van der Waals surface area contributed by atoms with Gasteiger partial charge in [-0.15, -0.1) is 0 Å². The van der Waals surface area contributed by atoms with Crippen LogP contribution in [0.15, 0.2) is 78.9 Å². The van der Waals surface area contributed by atoms with Crippen LogP contribution in [0, 0.1) is 16.0 Å². The van der Waals surface area contributed by atoms with Gasteiger partial charge >= 0.3 is 0 Å². The van der Waals surface area contributed by atoms with Crippen LogP contribution >= 0.6 is 0 Å².